The van der Waals surface area contributed by atoms with Gasteiger partial charge >= 0.3 is 0 Å². The summed E-state index contributed by atoms with van der Waals surface area (Å²) < 4.78 is 0. The molecule has 1 aliphatic carbocycles. The number of pyridine rings is 1. The molecule has 31 heavy (non-hydrogen) atoms. The molecule has 0 saturated heterocycles. The van der Waals surface area contributed by atoms with Crippen molar-refractivity contribution in [3.8, 4) is 11.3 Å². The Hall–Kier alpha value is -2.04. The number of hydrogen-bond donors (Lipinski definition) is 0. The molecule has 2 unspecified atom stereocenters. The summed E-state index contributed by atoms with van der Waals surface area (Å²) in [6.07, 6.45) is 2.20. The van der Waals surface area contributed by atoms with Gasteiger partial charge in [-0.15, -0.1) is 0 Å². The monoisotopic (exact) mass is 459 g/mol. The molecular weight excluding hydrogens is 433 g/mol. The van der Waals surface area contributed by atoms with Gasteiger partial charge in [-0.2, -0.15) is 0 Å². The van der Waals surface area contributed by atoms with Gasteiger partial charge in [-0.25, -0.2) is 0 Å². The molecule has 0 bridgehead atoms. The highest BCUT2D eigenvalue weighted by molar-refractivity contribution is 6.36. The molecule has 1 saturated carbocycles. The van der Waals surface area contributed by atoms with Gasteiger partial charge in [0.1, 0.15) is 17.5 Å². The van der Waals surface area contributed by atoms with Crippen LogP contribution in [0.3, 0.4) is 0 Å². The number of aryl methyl sites for hydroxylation is 2. The number of nitrogens with zero attached hydrogens (tertiary/aromatic N) is 1. The first kappa shape index (κ1) is 23.6. The zero-order valence-electron chi connectivity index (χ0n) is 18.5. The molecule has 4 nitrogen and oxygen atoms in total. The molecule has 0 amide bonds. The van der Waals surface area contributed by atoms with Crippen LogP contribution in [-0.4, -0.2) is 22.3 Å². The average molecular weight is 460 g/mol. The van der Waals surface area contributed by atoms with E-state index in [0.29, 0.717) is 22.2 Å². The largest absolute Gasteiger partial charge is 0.300 e. The Morgan fingerprint density at radius 2 is 1.71 bits per heavy atom. The van der Waals surface area contributed by atoms with Crippen LogP contribution in [0, 0.1) is 25.2 Å². The van der Waals surface area contributed by atoms with Crippen LogP contribution in [0.4, 0.5) is 0 Å². The number of benzene rings is 1. The van der Waals surface area contributed by atoms with Crippen LogP contribution in [0.1, 0.15) is 62.6 Å². The average Bonchev–Trinajstić information content (AvgIpc) is 2.87. The van der Waals surface area contributed by atoms with Crippen LogP contribution in [0.15, 0.2) is 24.4 Å². The van der Waals surface area contributed by atoms with E-state index in [-0.39, 0.29) is 35.6 Å². The first-order valence-electron chi connectivity index (χ1n) is 10.4. The predicted molar refractivity (Wildman–Crippen MR) is 124 cm³/mol. The van der Waals surface area contributed by atoms with E-state index >= 15 is 0 Å². The smallest absolute Gasteiger partial charge is 0.151 e. The highest BCUT2D eigenvalue weighted by Gasteiger charge is 2.44. The molecule has 1 aromatic carbocycles. The summed E-state index contributed by atoms with van der Waals surface area (Å²) in [4.78, 5) is 42.7. The van der Waals surface area contributed by atoms with E-state index in [4.69, 9.17) is 23.2 Å². The van der Waals surface area contributed by atoms with E-state index in [0.717, 1.165) is 22.3 Å². The van der Waals surface area contributed by atoms with E-state index in [1.807, 2.05) is 46.8 Å². The lowest BCUT2D eigenvalue weighted by molar-refractivity contribution is -0.128. The first-order valence-corrected chi connectivity index (χ1v) is 11.1. The molecule has 1 aromatic heterocycles. The van der Waals surface area contributed by atoms with Crippen molar-refractivity contribution in [2.75, 3.05) is 0 Å². The van der Waals surface area contributed by atoms with Crippen molar-refractivity contribution in [2.24, 2.45) is 11.3 Å². The van der Waals surface area contributed by atoms with Crippen LogP contribution in [0.25, 0.3) is 11.3 Å². The molecule has 1 aliphatic rings. The minimum Gasteiger partial charge on any atom is -0.300 e. The lowest BCUT2D eigenvalue weighted by atomic mass is 9.84. The van der Waals surface area contributed by atoms with Gasteiger partial charge in [0, 0.05) is 36.9 Å². The third kappa shape index (κ3) is 5.24. The molecule has 1 fully saturated rings. The third-order valence-electron chi connectivity index (χ3n) is 5.62. The molecule has 3 rings (SSSR count). The number of aromatic nitrogens is 1. The normalized spacial score (nSPS) is 19.2. The highest BCUT2D eigenvalue weighted by atomic mass is 35.5. The molecule has 1 heterocycles. The Bertz CT molecular complexity index is 1050. The minimum atomic E-state index is -0.810. The summed E-state index contributed by atoms with van der Waals surface area (Å²) in [7, 11) is 0. The van der Waals surface area contributed by atoms with E-state index in [2.05, 4.69) is 4.98 Å². The molecule has 0 aliphatic heterocycles. The summed E-state index contributed by atoms with van der Waals surface area (Å²) in [5, 5.41) is 0.887. The van der Waals surface area contributed by atoms with Crippen LogP contribution in [0.2, 0.25) is 10.0 Å². The van der Waals surface area contributed by atoms with Crippen molar-refractivity contribution < 1.29 is 14.4 Å². The zero-order chi connectivity index (χ0) is 23.1. The molecular formula is C25H27Cl2NO3. The van der Waals surface area contributed by atoms with Gasteiger partial charge in [-0.05, 0) is 54.2 Å². The summed E-state index contributed by atoms with van der Waals surface area (Å²) in [5.74, 6) is -1.56. The van der Waals surface area contributed by atoms with Crippen molar-refractivity contribution in [3.05, 3.63) is 51.1 Å². The molecule has 0 radical (unpaired) electrons. The molecule has 6 heteroatoms. The zero-order valence-corrected chi connectivity index (χ0v) is 20.0. The van der Waals surface area contributed by atoms with Crippen molar-refractivity contribution in [1.29, 1.82) is 0 Å². The summed E-state index contributed by atoms with van der Waals surface area (Å²) in [5.41, 5.74) is 3.65. The minimum absolute atomic E-state index is 0.0338. The molecule has 2 atom stereocenters. The molecule has 2 aromatic rings. The second-order valence-corrected chi connectivity index (χ2v) is 10.5. The van der Waals surface area contributed by atoms with E-state index in [1.165, 1.54) is 6.20 Å². The van der Waals surface area contributed by atoms with E-state index in [9.17, 15) is 14.4 Å². The van der Waals surface area contributed by atoms with Crippen molar-refractivity contribution in [1.82, 2.24) is 4.98 Å². The van der Waals surface area contributed by atoms with E-state index < -0.39 is 11.8 Å². The Morgan fingerprint density at radius 1 is 1.10 bits per heavy atom. The molecule has 0 spiro atoms. The van der Waals surface area contributed by atoms with Gasteiger partial charge in [0.15, 0.2) is 5.78 Å². The van der Waals surface area contributed by atoms with Gasteiger partial charge in [-0.3, -0.25) is 19.4 Å². The number of rotatable bonds is 5. The quantitative estimate of drug-likeness (QED) is 0.491. The van der Waals surface area contributed by atoms with E-state index in [1.54, 1.807) is 6.07 Å². The lowest BCUT2D eigenvalue weighted by Crippen LogP contribution is -2.21. The Balaban J connectivity index is 1.89. The van der Waals surface area contributed by atoms with Gasteiger partial charge in [0.2, 0.25) is 0 Å². The first-order chi connectivity index (χ1) is 14.4. The highest BCUT2D eigenvalue weighted by Crippen LogP contribution is 2.40. The standard InChI is InChI=1S/C25H27Cl2NO3/c1-13-6-15(23-19(27)10-17(26)12-28-23)7-14(2)21(13)22-20(30)9-16(24(22)31)8-18(29)11-25(3,4)5/h6-7,10,12,16,22H,8-9,11H2,1-5H3. The van der Waals surface area contributed by atoms with Crippen molar-refractivity contribution in [2.45, 2.75) is 59.8 Å². The van der Waals surface area contributed by atoms with Crippen molar-refractivity contribution >= 4 is 40.6 Å². The third-order valence-corrected chi connectivity index (χ3v) is 6.12. The number of carbonyl (C=O) groups excluding carboxylic acids is 3. The number of ketones is 3. The predicted octanol–water partition coefficient (Wildman–Crippen LogP) is 6.31. The van der Waals surface area contributed by atoms with Gasteiger partial charge in [0.05, 0.1) is 15.7 Å². The van der Waals surface area contributed by atoms with Crippen LogP contribution < -0.4 is 0 Å². The Kier molecular flexibility index (Phi) is 6.73. The lowest BCUT2D eigenvalue weighted by Gasteiger charge is -2.19. The fourth-order valence-electron chi connectivity index (χ4n) is 4.46. The van der Waals surface area contributed by atoms with Crippen LogP contribution in [-0.2, 0) is 14.4 Å². The summed E-state index contributed by atoms with van der Waals surface area (Å²) >= 11 is 12.3. The SMILES string of the molecule is Cc1cc(-c2ncc(Cl)cc2Cl)cc(C)c1C1C(=O)CC(CC(=O)CC(C)(C)C)C1=O. The fraction of sp³-hybridized carbons (Fsp3) is 0.440. The van der Waals surface area contributed by atoms with Gasteiger partial charge < -0.3 is 0 Å². The van der Waals surface area contributed by atoms with Crippen LogP contribution in [0.5, 0.6) is 0 Å². The van der Waals surface area contributed by atoms with Crippen molar-refractivity contribution in [3.63, 3.8) is 0 Å². The topological polar surface area (TPSA) is 64.1 Å². The fourth-order valence-corrected chi connectivity index (χ4v) is 4.95. The summed E-state index contributed by atoms with van der Waals surface area (Å²) in [6.45, 7) is 9.74. The second-order valence-electron chi connectivity index (χ2n) is 9.69. The number of carbonyl (C=O) groups is 3. The maximum Gasteiger partial charge on any atom is 0.151 e. The van der Waals surface area contributed by atoms with Crippen LogP contribution >= 0.6 is 23.2 Å². The Morgan fingerprint density at radius 3 is 2.26 bits per heavy atom. The maximum absolute atomic E-state index is 13.1. The summed E-state index contributed by atoms with van der Waals surface area (Å²) in [6, 6.07) is 5.42. The number of hydrogen-bond acceptors (Lipinski definition) is 4. The molecule has 164 valence electrons. The Labute approximate surface area is 193 Å². The van der Waals surface area contributed by atoms with Gasteiger partial charge in [-0.1, -0.05) is 44.0 Å². The molecule has 0 N–H and O–H groups in total. The number of Topliss-reactive ketones (excluding diaryl/α,β-unsaturated/α-hetero) is 3. The van der Waals surface area contributed by atoms with Gasteiger partial charge in [0.25, 0.3) is 0 Å². The number of halogens is 2. The maximum atomic E-state index is 13.1. The second kappa shape index (κ2) is 8.84.